The zero-order valence-electron chi connectivity index (χ0n) is 15.5. The number of para-hydroxylation sites is 1. The number of pyridine rings is 1. The fraction of sp³-hybridized carbons (Fsp3) is 0.182. The predicted molar refractivity (Wildman–Crippen MR) is 109 cm³/mol. The quantitative estimate of drug-likeness (QED) is 0.619. The second kappa shape index (κ2) is 8.85. The molecule has 27 heavy (non-hydrogen) atoms. The van der Waals surface area contributed by atoms with Crippen LogP contribution in [0.5, 0.6) is 5.75 Å². The summed E-state index contributed by atoms with van der Waals surface area (Å²) in [6.07, 6.45) is 4.19. The molecule has 1 aromatic heterocycles. The molecule has 0 fully saturated rings. The first-order chi connectivity index (χ1) is 13.2. The summed E-state index contributed by atoms with van der Waals surface area (Å²) in [6, 6.07) is 17.2. The highest BCUT2D eigenvalue weighted by Gasteiger charge is 2.09. The fourth-order valence-electron chi connectivity index (χ4n) is 2.74. The lowest BCUT2D eigenvalue weighted by atomic mass is 10.1. The van der Waals surface area contributed by atoms with Crippen LogP contribution in [0.3, 0.4) is 0 Å². The van der Waals surface area contributed by atoms with Crippen LogP contribution in [0.4, 0.5) is 17.1 Å². The highest BCUT2D eigenvalue weighted by atomic mass is 16.5. The van der Waals surface area contributed by atoms with Crippen molar-refractivity contribution in [1.82, 2.24) is 4.98 Å². The second-order valence-electron chi connectivity index (χ2n) is 6.01. The van der Waals surface area contributed by atoms with E-state index in [-0.39, 0.29) is 5.91 Å². The van der Waals surface area contributed by atoms with Gasteiger partial charge in [-0.3, -0.25) is 9.78 Å². The molecule has 0 saturated carbocycles. The zero-order valence-corrected chi connectivity index (χ0v) is 15.5. The minimum absolute atomic E-state index is 0.209. The molecular formula is C22H23N3O2. The standard InChI is InChI=1S/C22H23N3O2/c1-3-16-7-5-6-8-21(16)24-19-13-17(14-23-15-19)22(26)25-18-9-11-20(12-10-18)27-4-2/h5-15,24H,3-4H2,1-2H3,(H,25,26). The predicted octanol–water partition coefficient (Wildman–Crippen LogP) is 5.04. The van der Waals surface area contributed by atoms with E-state index in [1.54, 1.807) is 18.5 Å². The van der Waals surface area contributed by atoms with Crippen LogP contribution in [-0.2, 0) is 6.42 Å². The van der Waals surface area contributed by atoms with Crippen molar-refractivity contribution >= 4 is 23.0 Å². The Morgan fingerprint density at radius 1 is 1.00 bits per heavy atom. The molecule has 0 aliphatic heterocycles. The monoisotopic (exact) mass is 361 g/mol. The van der Waals surface area contributed by atoms with Crippen molar-refractivity contribution in [3.05, 3.63) is 78.1 Å². The van der Waals surface area contributed by atoms with Crippen LogP contribution in [0.15, 0.2) is 67.0 Å². The van der Waals surface area contributed by atoms with E-state index >= 15 is 0 Å². The molecule has 5 heteroatoms. The SMILES string of the molecule is CCOc1ccc(NC(=O)c2cncc(Nc3ccccc3CC)c2)cc1. The van der Waals surface area contributed by atoms with Crippen molar-refractivity contribution in [2.75, 3.05) is 17.2 Å². The van der Waals surface area contributed by atoms with E-state index in [0.29, 0.717) is 17.9 Å². The van der Waals surface area contributed by atoms with Crippen LogP contribution in [0.2, 0.25) is 0 Å². The molecule has 0 saturated heterocycles. The van der Waals surface area contributed by atoms with E-state index in [1.807, 2.05) is 49.4 Å². The molecular weight excluding hydrogens is 338 g/mol. The molecule has 2 aromatic carbocycles. The van der Waals surface area contributed by atoms with Crippen LogP contribution < -0.4 is 15.4 Å². The fourth-order valence-corrected chi connectivity index (χ4v) is 2.74. The van der Waals surface area contributed by atoms with Crippen molar-refractivity contribution < 1.29 is 9.53 Å². The molecule has 138 valence electrons. The number of aryl methyl sites for hydroxylation is 1. The number of aromatic nitrogens is 1. The van der Waals surface area contributed by atoms with Gasteiger partial charge < -0.3 is 15.4 Å². The summed E-state index contributed by atoms with van der Waals surface area (Å²) in [5.74, 6) is 0.567. The van der Waals surface area contributed by atoms with Crippen molar-refractivity contribution in [2.24, 2.45) is 0 Å². The van der Waals surface area contributed by atoms with Gasteiger partial charge in [0.2, 0.25) is 0 Å². The molecule has 3 rings (SSSR count). The molecule has 2 N–H and O–H groups in total. The molecule has 5 nitrogen and oxygen atoms in total. The topological polar surface area (TPSA) is 63.2 Å². The molecule has 0 aliphatic carbocycles. The first-order valence-corrected chi connectivity index (χ1v) is 9.03. The lowest BCUT2D eigenvalue weighted by Crippen LogP contribution is -2.12. The second-order valence-corrected chi connectivity index (χ2v) is 6.01. The van der Waals surface area contributed by atoms with Crippen molar-refractivity contribution in [2.45, 2.75) is 20.3 Å². The van der Waals surface area contributed by atoms with E-state index in [9.17, 15) is 4.79 Å². The molecule has 3 aromatic rings. The highest BCUT2D eigenvalue weighted by molar-refractivity contribution is 6.04. The lowest BCUT2D eigenvalue weighted by Gasteiger charge is -2.12. The summed E-state index contributed by atoms with van der Waals surface area (Å²) in [5, 5.41) is 6.22. The van der Waals surface area contributed by atoms with Gasteiger partial charge in [0.15, 0.2) is 0 Å². The van der Waals surface area contributed by atoms with Gasteiger partial charge in [0.05, 0.1) is 24.1 Å². The zero-order chi connectivity index (χ0) is 19.1. The third-order valence-corrected chi connectivity index (χ3v) is 4.10. The largest absolute Gasteiger partial charge is 0.494 e. The van der Waals surface area contributed by atoms with E-state index in [4.69, 9.17) is 4.74 Å². The number of hydrogen-bond acceptors (Lipinski definition) is 4. The van der Waals surface area contributed by atoms with Crippen LogP contribution in [0, 0.1) is 0 Å². The first kappa shape index (κ1) is 18.5. The lowest BCUT2D eigenvalue weighted by molar-refractivity contribution is 0.102. The summed E-state index contributed by atoms with van der Waals surface area (Å²) in [7, 11) is 0. The average Bonchev–Trinajstić information content (AvgIpc) is 2.70. The number of carbonyl (C=O) groups excluding carboxylic acids is 1. The smallest absolute Gasteiger partial charge is 0.257 e. The Balaban J connectivity index is 1.71. The number of benzene rings is 2. The number of rotatable bonds is 7. The Labute approximate surface area is 159 Å². The van der Waals surface area contributed by atoms with E-state index in [0.717, 1.165) is 23.5 Å². The number of ether oxygens (including phenoxy) is 1. The summed E-state index contributed by atoms with van der Waals surface area (Å²) in [4.78, 5) is 16.7. The summed E-state index contributed by atoms with van der Waals surface area (Å²) in [6.45, 7) is 4.65. The van der Waals surface area contributed by atoms with Crippen LogP contribution in [-0.4, -0.2) is 17.5 Å². The van der Waals surface area contributed by atoms with Gasteiger partial charge in [0.1, 0.15) is 5.75 Å². The maximum atomic E-state index is 12.5. The number of anilines is 3. The Morgan fingerprint density at radius 3 is 2.52 bits per heavy atom. The molecule has 1 amide bonds. The maximum absolute atomic E-state index is 12.5. The van der Waals surface area contributed by atoms with Gasteiger partial charge >= 0.3 is 0 Å². The number of amides is 1. The Morgan fingerprint density at radius 2 is 1.78 bits per heavy atom. The Hall–Kier alpha value is -3.34. The molecule has 0 radical (unpaired) electrons. The Bertz CT molecular complexity index is 907. The van der Waals surface area contributed by atoms with Crippen LogP contribution in [0.1, 0.15) is 29.8 Å². The number of nitrogens with one attached hydrogen (secondary N) is 2. The normalized spacial score (nSPS) is 10.3. The number of hydrogen-bond donors (Lipinski definition) is 2. The first-order valence-electron chi connectivity index (χ1n) is 9.03. The minimum atomic E-state index is -0.209. The number of carbonyl (C=O) groups is 1. The molecule has 0 bridgehead atoms. The summed E-state index contributed by atoms with van der Waals surface area (Å²) in [5.41, 5.74) is 4.20. The van der Waals surface area contributed by atoms with Gasteiger partial charge in [-0.2, -0.15) is 0 Å². The van der Waals surface area contributed by atoms with Crippen molar-refractivity contribution in [3.63, 3.8) is 0 Å². The van der Waals surface area contributed by atoms with Gasteiger partial charge in [-0.15, -0.1) is 0 Å². The van der Waals surface area contributed by atoms with Crippen LogP contribution >= 0.6 is 0 Å². The van der Waals surface area contributed by atoms with Gasteiger partial charge in [0, 0.05) is 17.6 Å². The highest BCUT2D eigenvalue weighted by Crippen LogP contribution is 2.22. The van der Waals surface area contributed by atoms with E-state index in [2.05, 4.69) is 28.6 Å². The molecule has 0 aliphatic rings. The van der Waals surface area contributed by atoms with E-state index in [1.165, 1.54) is 5.56 Å². The molecule has 0 unspecified atom stereocenters. The third-order valence-electron chi connectivity index (χ3n) is 4.10. The van der Waals surface area contributed by atoms with Gasteiger partial charge in [-0.1, -0.05) is 25.1 Å². The number of nitrogens with zero attached hydrogens (tertiary/aromatic N) is 1. The maximum Gasteiger partial charge on any atom is 0.257 e. The third kappa shape index (κ3) is 4.85. The molecule has 1 heterocycles. The van der Waals surface area contributed by atoms with Gasteiger partial charge in [0.25, 0.3) is 5.91 Å². The average molecular weight is 361 g/mol. The summed E-state index contributed by atoms with van der Waals surface area (Å²) < 4.78 is 5.41. The summed E-state index contributed by atoms with van der Waals surface area (Å²) >= 11 is 0. The van der Waals surface area contributed by atoms with Crippen molar-refractivity contribution in [3.8, 4) is 5.75 Å². The van der Waals surface area contributed by atoms with Crippen LogP contribution in [0.25, 0.3) is 0 Å². The minimum Gasteiger partial charge on any atom is -0.494 e. The molecule has 0 atom stereocenters. The van der Waals surface area contributed by atoms with E-state index < -0.39 is 0 Å². The molecule has 0 spiro atoms. The van der Waals surface area contributed by atoms with Gasteiger partial charge in [-0.05, 0) is 55.3 Å². The van der Waals surface area contributed by atoms with Gasteiger partial charge in [-0.25, -0.2) is 0 Å². The van der Waals surface area contributed by atoms with Crippen molar-refractivity contribution in [1.29, 1.82) is 0 Å². The Kier molecular flexibility index (Phi) is 6.05.